The van der Waals surface area contributed by atoms with Crippen molar-refractivity contribution in [3.8, 4) is 0 Å². The van der Waals surface area contributed by atoms with Gasteiger partial charge in [-0.2, -0.15) is 0 Å². The average molecular weight is 274 g/mol. The molecule has 0 N–H and O–H groups in total. The Kier molecular flexibility index (Phi) is 5.29. The molecule has 0 aromatic heterocycles. The molecule has 0 amide bonds. The highest BCUT2D eigenvalue weighted by Crippen LogP contribution is 2.26. The summed E-state index contributed by atoms with van der Waals surface area (Å²) in [5.74, 6) is -1.49. The van der Waals surface area contributed by atoms with Gasteiger partial charge in [0.2, 0.25) is 6.29 Å². The van der Waals surface area contributed by atoms with Crippen LogP contribution >= 0.6 is 0 Å². The number of hydrogen-bond acceptors (Lipinski definition) is 7. The van der Waals surface area contributed by atoms with E-state index in [1.807, 2.05) is 0 Å². The van der Waals surface area contributed by atoms with Crippen molar-refractivity contribution in [1.82, 2.24) is 0 Å². The average Bonchev–Trinajstić information content (AvgIpc) is 2.21. The lowest BCUT2D eigenvalue weighted by Crippen LogP contribution is -2.51. The molecular formula is C12H18O7. The molecule has 0 aromatic carbocycles. The molecule has 1 fully saturated rings. The lowest BCUT2D eigenvalue weighted by atomic mass is 10.0. The van der Waals surface area contributed by atoms with Crippen molar-refractivity contribution in [1.29, 1.82) is 0 Å². The van der Waals surface area contributed by atoms with E-state index in [-0.39, 0.29) is 6.42 Å². The van der Waals surface area contributed by atoms with Gasteiger partial charge in [0.1, 0.15) is 6.10 Å². The number of rotatable bonds is 3. The van der Waals surface area contributed by atoms with Crippen molar-refractivity contribution in [2.75, 3.05) is 0 Å². The predicted octanol–water partition coefficient (Wildman–Crippen LogP) is 0.548. The largest absolute Gasteiger partial charge is 0.458 e. The van der Waals surface area contributed by atoms with E-state index >= 15 is 0 Å². The number of esters is 3. The molecule has 0 bridgehead atoms. The lowest BCUT2D eigenvalue weighted by Gasteiger charge is -2.38. The van der Waals surface area contributed by atoms with E-state index in [1.54, 1.807) is 6.92 Å². The Morgan fingerprint density at radius 1 is 0.947 bits per heavy atom. The summed E-state index contributed by atoms with van der Waals surface area (Å²) in [7, 11) is 0. The second kappa shape index (κ2) is 6.51. The van der Waals surface area contributed by atoms with E-state index in [0.717, 1.165) is 0 Å². The first-order valence-electron chi connectivity index (χ1n) is 5.96. The van der Waals surface area contributed by atoms with E-state index < -0.39 is 42.5 Å². The molecule has 0 radical (unpaired) electrons. The van der Waals surface area contributed by atoms with Crippen LogP contribution in [-0.2, 0) is 33.3 Å². The summed E-state index contributed by atoms with van der Waals surface area (Å²) in [5.41, 5.74) is 0. The molecule has 108 valence electrons. The first kappa shape index (κ1) is 15.4. The van der Waals surface area contributed by atoms with Crippen LogP contribution in [0.25, 0.3) is 0 Å². The van der Waals surface area contributed by atoms with E-state index in [4.69, 9.17) is 18.9 Å². The van der Waals surface area contributed by atoms with E-state index in [9.17, 15) is 14.4 Å². The third kappa shape index (κ3) is 4.86. The fourth-order valence-electron chi connectivity index (χ4n) is 1.95. The molecule has 0 spiro atoms. The van der Waals surface area contributed by atoms with Crippen LogP contribution in [0, 0.1) is 0 Å². The molecule has 0 aromatic rings. The smallest absolute Gasteiger partial charge is 0.304 e. The zero-order chi connectivity index (χ0) is 14.6. The highest BCUT2D eigenvalue weighted by Gasteiger charge is 2.42. The van der Waals surface area contributed by atoms with Crippen LogP contribution in [0.15, 0.2) is 0 Å². The van der Waals surface area contributed by atoms with Gasteiger partial charge in [0.15, 0.2) is 6.10 Å². The highest BCUT2D eigenvalue weighted by atomic mass is 16.7. The Labute approximate surface area is 111 Å². The lowest BCUT2D eigenvalue weighted by molar-refractivity contribution is -0.250. The normalized spacial score (nSPS) is 30.3. The third-order valence-corrected chi connectivity index (χ3v) is 2.54. The second-order valence-corrected chi connectivity index (χ2v) is 4.34. The summed E-state index contributed by atoms with van der Waals surface area (Å²) in [6.45, 7) is 5.42. The minimum absolute atomic E-state index is 0.126. The minimum atomic E-state index is -0.816. The van der Waals surface area contributed by atoms with Crippen molar-refractivity contribution in [3.05, 3.63) is 0 Å². The van der Waals surface area contributed by atoms with Crippen molar-refractivity contribution < 1.29 is 33.3 Å². The standard InChI is InChI=1S/C12H18O7/c1-6-12(19-9(4)15)10(17-7(2)13)5-11(16-6)18-8(3)14/h6,10-12H,5H2,1-4H3/t6-,10+,11+,12-/m0/s1. The maximum absolute atomic E-state index is 11.1. The number of carbonyl (C=O) groups excluding carboxylic acids is 3. The molecule has 1 saturated heterocycles. The Hall–Kier alpha value is -1.63. The van der Waals surface area contributed by atoms with Gasteiger partial charge in [0, 0.05) is 20.8 Å². The summed E-state index contributed by atoms with van der Waals surface area (Å²) >= 11 is 0. The van der Waals surface area contributed by atoms with Gasteiger partial charge in [-0.1, -0.05) is 0 Å². The number of carbonyl (C=O) groups is 3. The van der Waals surface area contributed by atoms with Crippen LogP contribution < -0.4 is 0 Å². The maximum Gasteiger partial charge on any atom is 0.304 e. The molecule has 0 saturated carbocycles. The maximum atomic E-state index is 11.1. The third-order valence-electron chi connectivity index (χ3n) is 2.54. The van der Waals surface area contributed by atoms with Crippen LogP contribution in [0.1, 0.15) is 34.1 Å². The van der Waals surface area contributed by atoms with Gasteiger partial charge < -0.3 is 18.9 Å². The molecule has 7 heteroatoms. The van der Waals surface area contributed by atoms with Gasteiger partial charge in [0.25, 0.3) is 0 Å². The summed E-state index contributed by atoms with van der Waals surface area (Å²) in [5, 5.41) is 0. The zero-order valence-electron chi connectivity index (χ0n) is 11.4. The Morgan fingerprint density at radius 2 is 1.47 bits per heavy atom. The van der Waals surface area contributed by atoms with Crippen molar-refractivity contribution in [2.24, 2.45) is 0 Å². The molecule has 1 heterocycles. The molecule has 0 aliphatic carbocycles. The van der Waals surface area contributed by atoms with Crippen LogP contribution in [0.3, 0.4) is 0 Å². The van der Waals surface area contributed by atoms with Gasteiger partial charge in [-0.05, 0) is 6.92 Å². The molecule has 7 nitrogen and oxygen atoms in total. The van der Waals surface area contributed by atoms with Crippen LogP contribution in [-0.4, -0.2) is 42.5 Å². The second-order valence-electron chi connectivity index (χ2n) is 4.34. The molecule has 1 aliphatic heterocycles. The van der Waals surface area contributed by atoms with Gasteiger partial charge in [-0.3, -0.25) is 14.4 Å². The molecule has 19 heavy (non-hydrogen) atoms. The van der Waals surface area contributed by atoms with E-state index in [0.29, 0.717) is 0 Å². The highest BCUT2D eigenvalue weighted by molar-refractivity contribution is 5.67. The monoisotopic (exact) mass is 274 g/mol. The van der Waals surface area contributed by atoms with Gasteiger partial charge in [0.05, 0.1) is 12.5 Å². The molecule has 4 atom stereocenters. The van der Waals surface area contributed by atoms with Crippen LogP contribution in [0.5, 0.6) is 0 Å². The Balaban J connectivity index is 2.77. The fourth-order valence-corrected chi connectivity index (χ4v) is 1.95. The summed E-state index contributed by atoms with van der Waals surface area (Å²) in [6, 6.07) is 0. The molecular weight excluding hydrogens is 256 g/mol. The molecule has 0 unspecified atom stereocenters. The quantitative estimate of drug-likeness (QED) is 0.548. The number of hydrogen-bond donors (Lipinski definition) is 0. The molecule has 1 aliphatic rings. The first-order chi connectivity index (χ1) is 8.79. The van der Waals surface area contributed by atoms with Gasteiger partial charge in [-0.25, -0.2) is 0 Å². The summed E-state index contributed by atoms with van der Waals surface area (Å²) in [4.78, 5) is 33.0. The van der Waals surface area contributed by atoms with Gasteiger partial charge >= 0.3 is 17.9 Å². The number of ether oxygens (including phenoxy) is 4. The van der Waals surface area contributed by atoms with Crippen LogP contribution in [0.4, 0.5) is 0 Å². The molecule has 1 rings (SSSR count). The van der Waals surface area contributed by atoms with E-state index in [2.05, 4.69) is 0 Å². The first-order valence-corrected chi connectivity index (χ1v) is 5.96. The van der Waals surface area contributed by atoms with Crippen molar-refractivity contribution in [3.63, 3.8) is 0 Å². The van der Waals surface area contributed by atoms with E-state index in [1.165, 1.54) is 20.8 Å². The Bertz CT molecular complexity index is 365. The fraction of sp³-hybridized carbons (Fsp3) is 0.750. The zero-order valence-corrected chi connectivity index (χ0v) is 11.4. The summed E-state index contributed by atoms with van der Waals surface area (Å²) < 4.78 is 20.5. The topological polar surface area (TPSA) is 88.1 Å². The minimum Gasteiger partial charge on any atom is -0.458 e. The predicted molar refractivity (Wildman–Crippen MR) is 61.8 cm³/mol. The van der Waals surface area contributed by atoms with Gasteiger partial charge in [-0.15, -0.1) is 0 Å². The SMILES string of the molecule is CC(=O)O[C@@H]1C[C@@H](OC(C)=O)[C@@H](OC(C)=O)[C@H](C)O1. The van der Waals surface area contributed by atoms with Crippen molar-refractivity contribution in [2.45, 2.75) is 58.7 Å². The summed E-state index contributed by atoms with van der Waals surface area (Å²) in [6.07, 6.45) is -2.65. The van der Waals surface area contributed by atoms with Crippen molar-refractivity contribution >= 4 is 17.9 Å². The van der Waals surface area contributed by atoms with Crippen LogP contribution in [0.2, 0.25) is 0 Å². The Morgan fingerprint density at radius 3 is 1.95 bits per heavy atom.